The number of rotatable bonds is 19. The molecule has 0 bridgehead atoms. The maximum atomic E-state index is 7.01. The zero-order valence-corrected chi connectivity index (χ0v) is 19.6. The minimum atomic E-state index is 0. The summed E-state index contributed by atoms with van der Waals surface area (Å²) in [5.74, 6) is 0.687. The molecule has 0 radical (unpaired) electrons. The molecule has 2 heteroatoms. The molecule has 0 fully saturated rings. The van der Waals surface area contributed by atoms with Gasteiger partial charge >= 0.3 is 0 Å². The van der Waals surface area contributed by atoms with Crippen LogP contribution in [0.2, 0.25) is 0 Å². The van der Waals surface area contributed by atoms with Gasteiger partial charge in [0.05, 0.1) is 0 Å². The van der Waals surface area contributed by atoms with E-state index in [2.05, 4.69) is 27.7 Å². The first-order chi connectivity index (χ1) is 12.1. The van der Waals surface area contributed by atoms with Gasteiger partial charge in [0.25, 0.3) is 0 Å². The van der Waals surface area contributed by atoms with E-state index in [0.29, 0.717) is 5.92 Å². The van der Waals surface area contributed by atoms with Crippen molar-refractivity contribution in [2.75, 3.05) is 0 Å². The number of hydrogen-bond acceptors (Lipinski definition) is 1. The largest absolute Gasteiger partial charge is 0.325 e. The van der Waals surface area contributed by atoms with E-state index in [-0.39, 0.29) is 17.9 Å². The molecule has 1 nitrogen and oxygen atoms in total. The molecule has 160 valence electrons. The molecule has 0 aromatic carbocycles. The van der Waals surface area contributed by atoms with Crippen molar-refractivity contribution in [1.82, 2.24) is 0 Å². The Kier molecular flexibility index (Phi) is 21.9. The fraction of sp³-hybridized carbons (Fsp3) is 1.00. The molecule has 0 aromatic heterocycles. The summed E-state index contributed by atoms with van der Waals surface area (Å²) in [7, 11) is 0. The highest BCUT2D eigenvalue weighted by Gasteiger charge is 2.30. The quantitative estimate of drug-likeness (QED) is 0.219. The van der Waals surface area contributed by atoms with Crippen LogP contribution in [0.15, 0.2) is 0 Å². The summed E-state index contributed by atoms with van der Waals surface area (Å²) in [6, 6.07) is 0. The highest BCUT2D eigenvalue weighted by atomic mass is 35.5. The standard InChI is InChI=1S/C24H51N.ClH/c1-5-8-11-14-17-20-23(4)24(25,21-18-15-12-9-6-2)22-19-16-13-10-7-3;/h23H,5-22,25H2,1-4H3;1H. The highest BCUT2D eigenvalue weighted by molar-refractivity contribution is 5.85. The van der Waals surface area contributed by atoms with Gasteiger partial charge in [0.2, 0.25) is 0 Å². The Morgan fingerprint density at radius 1 is 0.577 bits per heavy atom. The van der Waals surface area contributed by atoms with Gasteiger partial charge in [-0.15, -0.1) is 12.4 Å². The maximum absolute atomic E-state index is 7.01. The Labute approximate surface area is 173 Å². The summed E-state index contributed by atoms with van der Waals surface area (Å²) >= 11 is 0. The summed E-state index contributed by atoms with van der Waals surface area (Å²) in [6.45, 7) is 9.33. The number of nitrogens with two attached hydrogens (primary N) is 1. The molecule has 1 unspecified atom stereocenters. The van der Waals surface area contributed by atoms with Gasteiger partial charge in [-0.1, -0.05) is 124 Å². The Morgan fingerprint density at radius 2 is 0.923 bits per heavy atom. The van der Waals surface area contributed by atoms with Crippen LogP contribution in [0.25, 0.3) is 0 Å². The van der Waals surface area contributed by atoms with Crippen LogP contribution in [-0.2, 0) is 0 Å². The van der Waals surface area contributed by atoms with Crippen molar-refractivity contribution in [2.45, 2.75) is 149 Å². The van der Waals surface area contributed by atoms with E-state index in [4.69, 9.17) is 5.73 Å². The summed E-state index contributed by atoms with van der Waals surface area (Å²) in [4.78, 5) is 0. The fourth-order valence-electron chi connectivity index (χ4n) is 4.07. The molecule has 2 N–H and O–H groups in total. The lowest BCUT2D eigenvalue weighted by Gasteiger charge is -2.36. The molecule has 26 heavy (non-hydrogen) atoms. The molecule has 0 aromatic rings. The van der Waals surface area contributed by atoms with Crippen molar-refractivity contribution >= 4 is 12.4 Å². The zero-order valence-electron chi connectivity index (χ0n) is 18.8. The molecule has 0 saturated heterocycles. The van der Waals surface area contributed by atoms with Crippen molar-refractivity contribution < 1.29 is 0 Å². The predicted molar refractivity (Wildman–Crippen MR) is 123 cm³/mol. The summed E-state index contributed by atoms with van der Waals surface area (Å²) in [5, 5.41) is 0. The number of halogens is 1. The SMILES string of the molecule is CCCCCCCC(C)C(N)(CCCCCCC)CCCCCCC.Cl. The van der Waals surface area contributed by atoms with Crippen LogP contribution in [0.1, 0.15) is 143 Å². The van der Waals surface area contributed by atoms with Gasteiger partial charge in [-0.3, -0.25) is 0 Å². The van der Waals surface area contributed by atoms with Crippen LogP contribution in [-0.4, -0.2) is 5.54 Å². The lowest BCUT2D eigenvalue weighted by Crippen LogP contribution is -2.46. The Hall–Kier alpha value is 0.250. The second-order valence-corrected chi connectivity index (χ2v) is 8.67. The molecule has 0 amide bonds. The second kappa shape index (κ2) is 20.0. The average molecular weight is 390 g/mol. The summed E-state index contributed by atoms with van der Waals surface area (Å²) in [6.07, 6.45) is 24.5. The fourth-order valence-corrected chi connectivity index (χ4v) is 4.07. The van der Waals surface area contributed by atoms with Crippen LogP contribution < -0.4 is 5.73 Å². The van der Waals surface area contributed by atoms with E-state index >= 15 is 0 Å². The molecule has 0 aliphatic rings. The van der Waals surface area contributed by atoms with Crippen molar-refractivity contribution in [1.29, 1.82) is 0 Å². The van der Waals surface area contributed by atoms with Gasteiger partial charge in [0.15, 0.2) is 0 Å². The first-order valence-corrected chi connectivity index (χ1v) is 11.9. The summed E-state index contributed by atoms with van der Waals surface area (Å²) in [5.41, 5.74) is 7.11. The van der Waals surface area contributed by atoms with Crippen LogP contribution in [0.3, 0.4) is 0 Å². The van der Waals surface area contributed by atoms with Crippen LogP contribution in [0.4, 0.5) is 0 Å². The van der Waals surface area contributed by atoms with Gasteiger partial charge in [0.1, 0.15) is 0 Å². The van der Waals surface area contributed by atoms with E-state index in [1.807, 2.05) is 0 Å². The molecular formula is C24H52ClN. The van der Waals surface area contributed by atoms with Crippen molar-refractivity contribution in [3.8, 4) is 0 Å². The summed E-state index contributed by atoms with van der Waals surface area (Å²) < 4.78 is 0. The van der Waals surface area contributed by atoms with Gasteiger partial charge in [0, 0.05) is 5.54 Å². The van der Waals surface area contributed by atoms with Crippen molar-refractivity contribution in [3.05, 3.63) is 0 Å². The van der Waals surface area contributed by atoms with Gasteiger partial charge < -0.3 is 5.73 Å². The van der Waals surface area contributed by atoms with E-state index < -0.39 is 0 Å². The average Bonchev–Trinajstić information content (AvgIpc) is 2.61. The predicted octanol–water partition coefficient (Wildman–Crippen LogP) is 8.82. The monoisotopic (exact) mass is 389 g/mol. The van der Waals surface area contributed by atoms with Crippen molar-refractivity contribution in [2.24, 2.45) is 11.7 Å². The normalized spacial score (nSPS) is 12.8. The molecule has 0 aliphatic carbocycles. The highest BCUT2D eigenvalue weighted by Crippen LogP contribution is 2.31. The van der Waals surface area contributed by atoms with Crippen molar-refractivity contribution in [3.63, 3.8) is 0 Å². The Balaban J connectivity index is 0. The third kappa shape index (κ3) is 15.3. The lowest BCUT2D eigenvalue weighted by molar-refractivity contribution is 0.220. The molecular weight excluding hydrogens is 338 g/mol. The van der Waals surface area contributed by atoms with Gasteiger partial charge in [-0.25, -0.2) is 0 Å². The second-order valence-electron chi connectivity index (χ2n) is 8.67. The first kappa shape index (κ1) is 28.5. The lowest BCUT2D eigenvalue weighted by atomic mass is 9.75. The van der Waals surface area contributed by atoms with E-state index in [1.54, 1.807) is 0 Å². The molecule has 0 aliphatic heterocycles. The van der Waals surface area contributed by atoms with Gasteiger partial charge in [-0.2, -0.15) is 0 Å². The molecule has 0 heterocycles. The number of unbranched alkanes of at least 4 members (excludes halogenated alkanes) is 12. The van der Waals surface area contributed by atoms with Gasteiger partial charge in [-0.05, 0) is 25.2 Å². The van der Waals surface area contributed by atoms with Crippen LogP contribution in [0, 0.1) is 5.92 Å². The smallest absolute Gasteiger partial charge is 0.0180 e. The molecule has 0 saturated carbocycles. The third-order valence-corrected chi connectivity index (χ3v) is 6.21. The zero-order chi connectivity index (χ0) is 18.8. The van der Waals surface area contributed by atoms with E-state index in [1.165, 1.54) is 116 Å². The van der Waals surface area contributed by atoms with Crippen LogP contribution >= 0.6 is 12.4 Å². The third-order valence-electron chi connectivity index (χ3n) is 6.21. The Morgan fingerprint density at radius 3 is 1.31 bits per heavy atom. The maximum Gasteiger partial charge on any atom is 0.0180 e. The minimum absolute atomic E-state index is 0. The minimum Gasteiger partial charge on any atom is -0.325 e. The first-order valence-electron chi connectivity index (χ1n) is 11.9. The topological polar surface area (TPSA) is 26.0 Å². The molecule has 0 rings (SSSR count). The van der Waals surface area contributed by atoms with E-state index in [9.17, 15) is 0 Å². The number of hydrogen-bond donors (Lipinski definition) is 1. The van der Waals surface area contributed by atoms with E-state index in [0.717, 1.165) is 0 Å². The molecule has 0 spiro atoms. The van der Waals surface area contributed by atoms with Crippen LogP contribution in [0.5, 0.6) is 0 Å². The Bertz CT molecular complexity index is 253. The molecule has 1 atom stereocenters.